The van der Waals surface area contributed by atoms with Gasteiger partial charge >= 0.3 is 0 Å². The van der Waals surface area contributed by atoms with Crippen LogP contribution in [0.5, 0.6) is 0 Å². The first-order chi connectivity index (χ1) is 9.60. The summed E-state index contributed by atoms with van der Waals surface area (Å²) in [6.45, 7) is 2.68. The van der Waals surface area contributed by atoms with Crippen LogP contribution in [-0.4, -0.2) is 11.9 Å². The fourth-order valence-electron chi connectivity index (χ4n) is 2.96. The molecule has 1 aromatic carbocycles. The monoisotopic (exact) mass is 278 g/mol. The van der Waals surface area contributed by atoms with Crippen molar-refractivity contribution in [3.8, 4) is 0 Å². The highest BCUT2D eigenvalue weighted by atomic mass is 19.1. The lowest BCUT2D eigenvalue weighted by Crippen LogP contribution is -2.33. The number of amides is 1. The van der Waals surface area contributed by atoms with Gasteiger partial charge in [0.15, 0.2) is 0 Å². The van der Waals surface area contributed by atoms with E-state index in [1.54, 1.807) is 6.07 Å². The van der Waals surface area contributed by atoms with Gasteiger partial charge in [-0.2, -0.15) is 0 Å². The number of nitrogens with one attached hydrogen (secondary N) is 1. The van der Waals surface area contributed by atoms with Crippen LogP contribution < -0.4 is 11.1 Å². The minimum absolute atomic E-state index is 0.287. The lowest BCUT2D eigenvalue weighted by atomic mass is 9.84. The molecule has 3 nitrogen and oxygen atoms in total. The largest absolute Gasteiger partial charge is 0.366 e. The minimum Gasteiger partial charge on any atom is -0.366 e. The van der Waals surface area contributed by atoms with E-state index in [9.17, 15) is 9.18 Å². The van der Waals surface area contributed by atoms with E-state index < -0.39 is 5.91 Å². The van der Waals surface area contributed by atoms with E-state index in [0.717, 1.165) is 18.8 Å². The number of carbonyl (C=O) groups excluding carboxylic acids is 1. The zero-order valence-corrected chi connectivity index (χ0v) is 12.0. The van der Waals surface area contributed by atoms with Crippen LogP contribution in [0.15, 0.2) is 18.2 Å². The van der Waals surface area contributed by atoms with Gasteiger partial charge in [-0.1, -0.05) is 26.2 Å². The molecule has 1 fully saturated rings. The molecule has 0 bridgehead atoms. The topological polar surface area (TPSA) is 55.1 Å². The van der Waals surface area contributed by atoms with Gasteiger partial charge in [0.2, 0.25) is 5.91 Å². The minimum atomic E-state index is -0.519. The van der Waals surface area contributed by atoms with E-state index in [-0.39, 0.29) is 5.82 Å². The summed E-state index contributed by atoms with van der Waals surface area (Å²) in [6, 6.07) is 4.73. The second kappa shape index (κ2) is 6.84. The highest BCUT2D eigenvalue weighted by molar-refractivity contribution is 5.92. The van der Waals surface area contributed by atoms with Gasteiger partial charge in [-0.3, -0.25) is 4.79 Å². The Morgan fingerprint density at radius 3 is 2.95 bits per heavy atom. The molecule has 2 rings (SSSR count). The van der Waals surface area contributed by atoms with Gasteiger partial charge in [0.1, 0.15) is 5.82 Å². The SMILES string of the molecule is CCC1CCCC(NCc2cc(C(N)=O)ccc2F)C1. The summed E-state index contributed by atoms with van der Waals surface area (Å²) in [5, 5.41) is 3.42. The Balaban J connectivity index is 1.96. The molecule has 2 unspecified atom stereocenters. The van der Waals surface area contributed by atoms with Crippen molar-refractivity contribution < 1.29 is 9.18 Å². The number of primary amides is 1. The molecule has 0 saturated heterocycles. The van der Waals surface area contributed by atoms with Gasteiger partial charge < -0.3 is 11.1 Å². The molecule has 0 aromatic heterocycles. The fourth-order valence-corrected chi connectivity index (χ4v) is 2.96. The molecule has 4 heteroatoms. The predicted octanol–water partition coefficient (Wildman–Crippen LogP) is 2.98. The molecule has 1 aliphatic rings. The van der Waals surface area contributed by atoms with Crippen LogP contribution in [-0.2, 0) is 6.54 Å². The van der Waals surface area contributed by atoms with E-state index in [2.05, 4.69) is 12.2 Å². The first kappa shape index (κ1) is 15.0. The Hall–Kier alpha value is -1.42. The molecule has 0 aliphatic heterocycles. The van der Waals surface area contributed by atoms with Gasteiger partial charge in [-0.25, -0.2) is 4.39 Å². The van der Waals surface area contributed by atoms with Gasteiger partial charge in [-0.15, -0.1) is 0 Å². The average molecular weight is 278 g/mol. The lowest BCUT2D eigenvalue weighted by Gasteiger charge is -2.29. The van der Waals surface area contributed by atoms with Crippen molar-refractivity contribution in [2.24, 2.45) is 11.7 Å². The van der Waals surface area contributed by atoms with Crippen LogP contribution in [0.25, 0.3) is 0 Å². The fraction of sp³-hybridized carbons (Fsp3) is 0.562. The Morgan fingerprint density at radius 2 is 2.25 bits per heavy atom. The first-order valence-electron chi connectivity index (χ1n) is 7.41. The molecule has 0 radical (unpaired) electrons. The molecule has 1 amide bonds. The van der Waals surface area contributed by atoms with E-state index in [0.29, 0.717) is 23.7 Å². The van der Waals surface area contributed by atoms with Gasteiger partial charge in [-0.05, 0) is 37.0 Å². The summed E-state index contributed by atoms with van der Waals surface area (Å²) < 4.78 is 13.7. The number of hydrogen-bond acceptors (Lipinski definition) is 2. The molecule has 0 spiro atoms. The Bertz CT molecular complexity index is 476. The van der Waals surface area contributed by atoms with Crippen molar-refractivity contribution in [3.05, 3.63) is 35.1 Å². The molecule has 110 valence electrons. The molecule has 1 aromatic rings. The molecule has 20 heavy (non-hydrogen) atoms. The van der Waals surface area contributed by atoms with Crippen LogP contribution in [0, 0.1) is 11.7 Å². The zero-order valence-electron chi connectivity index (χ0n) is 12.0. The highest BCUT2D eigenvalue weighted by Crippen LogP contribution is 2.26. The summed E-state index contributed by atoms with van der Waals surface area (Å²) in [6.07, 6.45) is 6.06. The summed E-state index contributed by atoms with van der Waals surface area (Å²) in [7, 11) is 0. The normalized spacial score (nSPS) is 22.7. The summed E-state index contributed by atoms with van der Waals surface area (Å²) in [4.78, 5) is 11.1. The van der Waals surface area contributed by atoms with Crippen LogP contribution >= 0.6 is 0 Å². The maximum Gasteiger partial charge on any atom is 0.248 e. The van der Waals surface area contributed by atoms with Crippen molar-refractivity contribution in [2.45, 2.75) is 51.6 Å². The summed E-state index contributed by atoms with van der Waals surface area (Å²) in [5.41, 5.74) is 6.10. The van der Waals surface area contributed by atoms with E-state index in [4.69, 9.17) is 5.73 Å². The van der Waals surface area contributed by atoms with Crippen molar-refractivity contribution in [3.63, 3.8) is 0 Å². The number of nitrogens with two attached hydrogens (primary N) is 1. The lowest BCUT2D eigenvalue weighted by molar-refractivity contribution is 0.1000. The highest BCUT2D eigenvalue weighted by Gasteiger charge is 2.20. The quantitative estimate of drug-likeness (QED) is 0.870. The average Bonchev–Trinajstić information content (AvgIpc) is 2.46. The number of hydrogen-bond donors (Lipinski definition) is 2. The Kier molecular flexibility index (Phi) is 5.12. The summed E-state index contributed by atoms with van der Waals surface area (Å²) >= 11 is 0. The molecular weight excluding hydrogens is 255 g/mol. The van der Waals surface area contributed by atoms with E-state index in [1.807, 2.05) is 0 Å². The smallest absolute Gasteiger partial charge is 0.248 e. The maximum atomic E-state index is 13.7. The second-order valence-electron chi connectivity index (χ2n) is 5.69. The third-order valence-corrected chi connectivity index (χ3v) is 4.27. The van der Waals surface area contributed by atoms with Gasteiger partial charge in [0.25, 0.3) is 0 Å². The third kappa shape index (κ3) is 3.79. The van der Waals surface area contributed by atoms with Crippen molar-refractivity contribution >= 4 is 5.91 Å². The standard InChI is InChI=1S/C16H23FN2O/c1-2-11-4-3-5-14(8-11)19-10-13-9-12(16(18)20)6-7-15(13)17/h6-7,9,11,14,19H,2-5,8,10H2,1H3,(H2,18,20). The molecular formula is C16H23FN2O. The Morgan fingerprint density at radius 1 is 1.45 bits per heavy atom. The van der Waals surface area contributed by atoms with E-state index >= 15 is 0 Å². The third-order valence-electron chi connectivity index (χ3n) is 4.27. The molecule has 1 saturated carbocycles. The molecule has 0 heterocycles. The maximum absolute atomic E-state index is 13.7. The first-order valence-corrected chi connectivity index (χ1v) is 7.41. The number of rotatable bonds is 5. The second-order valence-corrected chi connectivity index (χ2v) is 5.69. The van der Waals surface area contributed by atoms with E-state index in [1.165, 1.54) is 31.4 Å². The van der Waals surface area contributed by atoms with Crippen LogP contribution in [0.2, 0.25) is 0 Å². The van der Waals surface area contributed by atoms with Gasteiger partial charge in [0, 0.05) is 23.7 Å². The summed E-state index contributed by atoms with van der Waals surface area (Å²) in [5.74, 6) is -0.0247. The van der Waals surface area contributed by atoms with Crippen LogP contribution in [0.1, 0.15) is 54.9 Å². The van der Waals surface area contributed by atoms with Crippen molar-refractivity contribution in [1.82, 2.24) is 5.32 Å². The van der Waals surface area contributed by atoms with Crippen LogP contribution in [0.4, 0.5) is 4.39 Å². The number of carbonyl (C=O) groups is 1. The number of halogens is 1. The van der Waals surface area contributed by atoms with Gasteiger partial charge in [0.05, 0.1) is 0 Å². The number of benzene rings is 1. The predicted molar refractivity (Wildman–Crippen MR) is 77.8 cm³/mol. The molecule has 1 aliphatic carbocycles. The Labute approximate surface area is 119 Å². The van der Waals surface area contributed by atoms with Crippen molar-refractivity contribution in [2.75, 3.05) is 0 Å². The zero-order chi connectivity index (χ0) is 14.5. The van der Waals surface area contributed by atoms with Crippen LogP contribution in [0.3, 0.4) is 0 Å². The van der Waals surface area contributed by atoms with Crippen molar-refractivity contribution in [1.29, 1.82) is 0 Å². The molecule has 2 atom stereocenters. The molecule has 3 N–H and O–H groups in total.